The van der Waals surface area contributed by atoms with Gasteiger partial charge in [-0.05, 0) is 30.9 Å². The standard InChI is InChI=1S/C13H9Cl2FN2O2/c14-9-3-7(16)4-10(15)12(9)18-11(13(19)20)8(5-17-18)6-1-2-6/h3-6H,1-2H2,(H,19,20). The number of benzene rings is 1. The van der Waals surface area contributed by atoms with Gasteiger partial charge in [-0.1, -0.05) is 23.2 Å². The van der Waals surface area contributed by atoms with Crippen LogP contribution >= 0.6 is 23.2 Å². The van der Waals surface area contributed by atoms with Crippen LogP contribution < -0.4 is 0 Å². The zero-order valence-electron chi connectivity index (χ0n) is 10.1. The van der Waals surface area contributed by atoms with E-state index in [2.05, 4.69) is 5.10 Å². The minimum atomic E-state index is -1.11. The topological polar surface area (TPSA) is 55.1 Å². The van der Waals surface area contributed by atoms with Gasteiger partial charge in [-0.3, -0.25) is 0 Å². The Morgan fingerprint density at radius 3 is 2.45 bits per heavy atom. The van der Waals surface area contributed by atoms with Crippen LogP contribution in [0.1, 0.15) is 34.8 Å². The molecule has 104 valence electrons. The van der Waals surface area contributed by atoms with Crippen molar-refractivity contribution in [1.82, 2.24) is 9.78 Å². The molecule has 1 aliphatic carbocycles. The second-order valence-corrected chi connectivity index (χ2v) is 5.47. The van der Waals surface area contributed by atoms with E-state index in [1.54, 1.807) is 0 Å². The van der Waals surface area contributed by atoms with E-state index < -0.39 is 11.8 Å². The Hall–Kier alpha value is -1.59. The number of carboxylic acid groups (broad SMARTS) is 1. The summed E-state index contributed by atoms with van der Waals surface area (Å²) < 4.78 is 14.4. The molecule has 0 aliphatic heterocycles. The van der Waals surface area contributed by atoms with E-state index in [0.717, 1.165) is 25.0 Å². The van der Waals surface area contributed by atoms with E-state index >= 15 is 0 Å². The average molecular weight is 315 g/mol. The maximum atomic E-state index is 13.2. The van der Waals surface area contributed by atoms with Crippen LogP contribution in [0.5, 0.6) is 0 Å². The molecule has 1 fully saturated rings. The van der Waals surface area contributed by atoms with Gasteiger partial charge in [-0.2, -0.15) is 5.10 Å². The predicted molar refractivity (Wildman–Crippen MR) is 72.5 cm³/mol. The molecule has 1 heterocycles. The molecule has 20 heavy (non-hydrogen) atoms. The highest BCUT2D eigenvalue weighted by molar-refractivity contribution is 6.37. The molecule has 1 aliphatic rings. The SMILES string of the molecule is O=C(O)c1c(C2CC2)cnn1-c1c(Cl)cc(F)cc1Cl. The monoisotopic (exact) mass is 314 g/mol. The second-order valence-electron chi connectivity index (χ2n) is 4.66. The molecule has 0 spiro atoms. The van der Waals surface area contributed by atoms with E-state index in [4.69, 9.17) is 23.2 Å². The molecule has 0 atom stereocenters. The molecule has 1 aromatic carbocycles. The Morgan fingerprint density at radius 1 is 1.35 bits per heavy atom. The third-order valence-corrected chi connectivity index (χ3v) is 3.79. The summed E-state index contributed by atoms with van der Waals surface area (Å²) >= 11 is 11.9. The molecule has 2 aromatic rings. The highest BCUT2D eigenvalue weighted by atomic mass is 35.5. The van der Waals surface area contributed by atoms with Crippen molar-refractivity contribution in [2.75, 3.05) is 0 Å². The lowest BCUT2D eigenvalue weighted by Gasteiger charge is -2.10. The predicted octanol–water partition coefficient (Wildman–Crippen LogP) is 3.89. The van der Waals surface area contributed by atoms with Crippen LogP contribution in [0.3, 0.4) is 0 Å². The number of nitrogens with zero attached hydrogens (tertiary/aromatic N) is 2. The van der Waals surface area contributed by atoms with Crippen LogP contribution in [-0.4, -0.2) is 20.9 Å². The molecule has 3 rings (SSSR count). The molecule has 1 N–H and O–H groups in total. The van der Waals surface area contributed by atoms with Crippen molar-refractivity contribution >= 4 is 29.2 Å². The normalized spacial score (nSPS) is 14.6. The van der Waals surface area contributed by atoms with Crippen LogP contribution in [-0.2, 0) is 0 Å². The molecular formula is C13H9Cl2FN2O2. The molecular weight excluding hydrogens is 306 g/mol. The summed E-state index contributed by atoms with van der Waals surface area (Å²) in [5.41, 5.74) is 0.871. The molecule has 0 bridgehead atoms. The lowest BCUT2D eigenvalue weighted by atomic mass is 10.1. The van der Waals surface area contributed by atoms with Crippen LogP contribution in [0.4, 0.5) is 4.39 Å². The van der Waals surface area contributed by atoms with E-state index in [0.29, 0.717) is 5.56 Å². The van der Waals surface area contributed by atoms with Gasteiger partial charge in [0, 0.05) is 5.56 Å². The number of carboxylic acids is 1. The lowest BCUT2D eigenvalue weighted by Crippen LogP contribution is -2.11. The number of carbonyl (C=O) groups is 1. The maximum Gasteiger partial charge on any atom is 0.354 e. The Bertz CT molecular complexity index is 687. The van der Waals surface area contributed by atoms with Crippen LogP contribution in [0, 0.1) is 5.82 Å². The Morgan fingerprint density at radius 2 is 1.95 bits per heavy atom. The summed E-state index contributed by atoms with van der Waals surface area (Å²) in [6, 6.07) is 2.15. The van der Waals surface area contributed by atoms with Gasteiger partial charge in [0.1, 0.15) is 11.5 Å². The Labute approximate surface area is 123 Å². The minimum Gasteiger partial charge on any atom is -0.476 e. The van der Waals surface area contributed by atoms with Gasteiger partial charge in [0.15, 0.2) is 5.69 Å². The van der Waals surface area contributed by atoms with E-state index in [1.165, 1.54) is 10.9 Å². The van der Waals surface area contributed by atoms with Crippen molar-refractivity contribution in [2.24, 2.45) is 0 Å². The lowest BCUT2D eigenvalue weighted by molar-refractivity contribution is 0.0685. The average Bonchev–Trinajstić information content (AvgIpc) is 3.08. The van der Waals surface area contributed by atoms with Crippen molar-refractivity contribution in [3.8, 4) is 5.69 Å². The third-order valence-electron chi connectivity index (χ3n) is 3.21. The van der Waals surface area contributed by atoms with Gasteiger partial charge in [-0.15, -0.1) is 0 Å². The summed E-state index contributed by atoms with van der Waals surface area (Å²) in [6.45, 7) is 0. The van der Waals surface area contributed by atoms with E-state index in [1.807, 2.05) is 0 Å². The van der Waals surface area contributed by atoms with Gasteiger partial charge >= 0.3 is 5.97 Å². The van der Waals surface area contributed by atoms with E-state index in [9.17, 15) is 14.3 Å². The van der Waals surface area contributed by atoms with E-state index in [-0.39, 0.29) is 27.3 Å². The van der Waals surface area contributed by atoms with Gasteiger partial charge < -0.3 is 5.11 Å². The quantitative estimate of drug-likeness (QED) is 0.935. The van der Waals surface area contributed by atoms with Gasteiger partial charge in [-0.25, -0.2) is 13.9 Å². The smallest absolute Gasteiger partial charge is 0.354 e. The number of aromatic carboxylic acids is 1. The summed E-state index contributed by atoms with van der Waals surface area (Å²) in [5, 5.41) is 13.5. The number of aromatic nitrogens is 2. The molecule has 0 unspecified atom stereocenters. The summed E-state index contributed by atoms with van der Waals surface area (Å²) in [5.74, 6) is -1.48. The molecule has 7 heteroatoms. The van der Waals surface area contributed by atoms with Crippen LogP contribution in [0.25, 0.3) is 5.69 Å². The zero-order chi connectivity index (χ0) is 14.4. The number of hydrogen-bond acceptors (Lipinski definition) is 2. The molecule has 0 amide bonds. The number of halogens is 3. The van der Waals surface area contributed by atoms with Gasteiger partial charge in [0.2, 0.25) is 0 Å². The van der Waals surface area contributed by atoms with Crippen molar-refractivity contribution in [2.45, 2.75) is 18.8 Å². The molecule has 4 nitrogen and oxygen atoms in total. The zero-order valence-corrected chi connectivity index (χ0v) is 11.6. The first-order valence-corrected chi connectivity index (χ1v) is 6.70. The van der Waals surface area contributed by atoms with Crippen molar-refractivity contribution < 1.29 is 14.3 Å². The summed E-state index contributed by atoms with van der Waals surface area (Å²) in [4.78, 5) is 11.5. The Balaban J connectivity index is 2.22. The number of hydrogen-bond donors (Lipinski definition) is 1. The summed E-state index contributed by atoms with van der Waals surface area (Å²) in [7, 11) is 0. The first-order chi connectivity index (χ1) is 9.49. The van der Waals surface area contributed by atoms with Crippen molar-refractivity contribution in [1.29, 1.82) is 0 Å². The van der Waals surface area contributed by atoms with Crippen molar-refractivity contribution in [3.63, 3.8) is 0 Å². The fourth-order valence-corrected chi connectivity index (χ4v) is 2.80. The fraction of sp³-hybridized carbons (Fsp3) is 0.231. The van der Waals surface area contributed by atoms with Crippen LogP contribution in [0.15, 0.2) is 18.3 Å². The third kappa shape index (κ3) is 2.17. The molecule has 1 saturated carbocycles. The largest absolute Gasteiger partial charge is 0.476 e. The number of rotatable bonds is 3. The molecule has 1 aromatic heterocycles. The van der Waals surface area contributed by atoms with Gasteiger partial charge in [0.25, 0.3) is 0 Å². The second kappa shape index (κ2) is 4.75. The highest BCUT2D eigenvalue weighted by Gasteiger charge is 2.32. The fourth-order valence-electron chi connectivity index (χ4n) is 2.17. The molecule has 0 radical (unpaired) electrons. The first-order valence-electron chi connectivity index (χ1n) is 5.95. The Kier molecular flexibility index (Phi) is 3.18. The summed E-state index contributed by atoms with van der Waals surface area (Å²) in [6.07, 6.45) is 3.39. The highest BCUT2D eigenvalue weighted by Crippen LogP contribution is 2.42. The maximum absolute atomic E-state index is 13.2. The molecule has 0 saturated heterocycles. The van der Waals surface area contributed by atoms with Gasteiger partial charge in [0.05, 0.1) is 16.2 Å². The first kappa shape index (κ1) is 13.4. The minimum absolute atomic E-state index is 0.0166. The van der Waals surface area contributed by atoms with Crippen molar-refractivity contribution in [3.05, 3.63) is 45.4 Å². The van der Waals surface area contributed by atoms with Crippen LogP contribution in [0.2, 0.25) is 10.0 Å².